The van der Waals surface area contributed by atoms with Crippen molar-refractivity contribution >= 4 is 16.0 Å². The van der Waals surface area contributed by atoms with Gasteiger partial charge in [0.05, 0.1) is 6.61 Å². The van der Waals surface area contributed by atoms with Crippen molar-refractivity contribution in [1.29, 1.82) is 0 Å². The van der Waals surface area contributed by atoms with Crippen LogP contribution in [0.25, 0.3) is 0 Å². The number of alkyl halides is 17. The maximum absolute atomic E-state index is 14.0. The van der Waals surface area contributed by atoms with E-state index in [1.165, 1.54) is 0 Å². The van der Waals surface area contributed by atoms with E-state index in [0.29, 0.717) is 0 Å². The Morgan fingerprint density at radius 3 is 1.32 bits per heavy atom. The lowest BCUT2D eigenvalue weighted by Gasteiger charge is -2.42. The van der Waals surface area contributed by atoms with Gasteiger partial charge < -0.3 is 4.74 Å². The van der Waals surface area contributed by atoms with Gasteiger partial charge in [-0.1, -0.05) is 13.0 Å². The summed E-state index contributed by atoms with van der Waals surface area (Å²) in [6.07, 6.45) is -8.20. The second kappa shape index (κ2) is 10.1. The number of halogens is 17. The summed E-state index contributed by atoms with van der Waals surface area (Å²) in [5.41, 5.74) is -1.76. The molecule has 226 valence electrons. The molecule has 1 N–H and O–H groups in total. The Hall–Kier alpha value is -2.23. The number of carbonyl (C=O) groups is 1. The zero-order valence-corrected chi connectivity index (χ0v) is 18.8. The van der Waals surface area contributed by atoms with E-state index in [2.05, 4.69) is 4.74 Å². The van der Waals surface area contributed by atoms with Crippen LogP contribution in [0.4, 0.5) is 74.6 Å². The summed E-state index contributed by atoms with van der Waals surface area (Å²) in [6.45, 7) is 1.33. The standard InChI is InChI=1S/C15H12F17NO4S/c1-3-5-6(7(34)37-4-2)33-38(35,36)15(31,32)13(26,27)11(22,23)9(18,19)8(16,17)10(20,21)12(24,25)14(28,29)30/h5,33H,3-4H2,1-2H3. The third-order valence-electron chi connectivity index (χ3n) is 4.18. The fourth-order valence-electron chi connectivity index (χ4n) is 2.11. The Balaban J connectivity index is 6.97. The summed E-state index contributed by atoms with van der Waals surface area (Å²) in [4.78, 5) is 11.5. The molecular weight excluding hydrogens is 613 g/mol. The van der Waals surface area contributed by atoms with Crippen molar-refractivity contribution in [3.8, 4) is 0 Å². The maximum Gasteiger partial charge on any atom is 0.460 e. The van der Waals surface area contributed by atoms with Crippen LogP contribution in [0.1, 0.15) is 20.3 Å². The average Bonchev–Trinajstić information content (AvgIpc) is 2.71. The Kier molecular flexibility index (Phi) is 9.47. The molecule has 0 atom stereocenters. The van der Waals surface area contributed by atoms with Crippen molar-refractivity contribution in [3.05, 3.63) is 11.8 Å². The van der Waals surface area contributed by atoms with Crippen molar-refractivity contribution in [2.45, 2.75) is 67.2 Å². The van der Waals surface area contributed by atoms with Gasteiger partial charge in [0, 0.05) is 0 Å². The molecule has 0 bridgehead atoms. The van der Waals surface area contributed by atoms with Gasteiger partial charge in [0.1, 0.15) is 5.70 Å². The molecule has 0 unspecified atom stereocenters. The molecular formula is C15H12F17NO4S. The van der Waals surface area contributed by atoms with E-state index in [1.807, 2.05) is 0 Å². The average molecular weight is 625 g/mol. The Morgan fingerprint density at radius 1 is 0.658 bits per heavy atom. The van der Waals surface area contributed by atoms with Crippen LogP contribution in [0.3, 0.4) is 0 Å². The summed E-state index contributed by atoms with van der Waals surface area (Å²) in [5.74, 6) is -54.2. The van der Waals surface area contributed by atoms with Gasteiger partial charge in [0.15, 0.2) is 0 Å². The van der Waals surface area contributed by atoms with Crippen LogP contribution in [-0.4, -0.2) is 68.0 Å². The van der Waals surface area contributed by atoms with Gasteiger partial charge in [0.25, 0.3) is 0 Å². The summed E-state index contributed by atoms with van der Waals surface area (Å²) in [7, 11) is -7.65. The number of allylic oxidation sites excluding steroid dienone is 1. The van der Waals surface area contributed by atoms with Crippen LogP contribution >= 0.6 is 0 Å². The van der Waals surface area contributed by atoms with Gasteiger partial charge in [-0.2, -0.15) is 83.1 Å². The van der Waals surface area contributed by atoms with E-state index in [-0.39, 0.29) is 10.8 Å². The summed E-state index contributed by atoms with van der Waals surface area (Å²) in [6, 6.07) is 0. The molecule has 0 radical (unpaired) electrons. The quantitative estimate of drug-likeness (QED) is 0.171. The highest BCUT2D eigenvalue weighted by Gasteiger charge is 2.96. The van der Waals surface area contributed by atoms with Gasteiger partial charge in [0.2, 0.25) is 0 Å². The number of sulfonamides is 1. The highest BCUT2D eigenvalue weighted by molar-refractivity contribution is 7.90. The molecule has 0 aliphatic carbocycles. The zero-order valence-electron chi connectivity index (χ0n) is 18.0. The molecule has 5 nitrogen and oxygen atoms in total. The molecule has 0 saturated carbocycles. The van der Waals surface area contributed by atoms with Crippen LogP contribution in [0.15, 0.2) is 11.8 Å². The Bertz CT molecular complexity index is 1020. The van der Waals surface area contributed by atoms with E-state index >= 15 is 0 Å². The molecule has 0 aromatic carbocycles. The van der Waals surface area contributed by atoms with Gasteiger partial charge in [-0.3, -0.25) is 4.72 Å². The molecule has 0 saturated heterocycles. The molecule has 0 aliphatic heterocycles. The van der Waals surface area contributed by atoms with Crippen molar-refractivity contribution in [2.24, 2.45) is 0 Å². The van der Waals surface area contributed by atoms with Crippen LogP contribution < -0.4 is 4.72 Å². The number of rotatable bonds is 12. The number of carbonyl (C=O) groups excluding carboxylic acids is 1. The number of esters is 1. The van der Waals surface area contributed by atoms with Crippen LogP contribution in [0.5, 0.6) is 0 Å². The second-order valence-electron chi connectivity index (χ2n) is 6.81. The SMILES string of the molecule is CCC=C(NS(=O)(=O)C(F)(F)C(F)(F)C(F)(F)C(F)(F)C(F)(F)C(F)(F)C(F)(F)C(F)(F)F)C(=O)OCC. The molecule has 0 aliphatic rings. The van der Waals surface area contributed by atoms with Crippen LogP contribution in [-0.2, 0) is 19.6 Å². The predicted octanol–water partition coefficient (Wildman–Crippen LogP) is 5.73. The highest BCUT2D eigenvalue weighted by Crippen LogP contribution is 2.64. The fourth-order valence-corrected chi connectivity index (χ4v) is 3.16. The van der Waals surface area contributed by atoms with Gasteiger partial charge in [-0.15, -0.1) is 0 Å². The topological polar surface area (TPSA) is 72.5 Å². The number of hydrogen-bond donors (Lipinski definition) is 1. The molecule has 23 heteroatoms. The van der Waals surface area contributed by atoms with E-state index in [1.54, 1.807) is 0 Å². The Morgan fingerprint density at radius 2 is 1.00 bits per heavy atom. The number of ether oxygens (including phenoxy) is 1. The molecule has 0 heterocycles. The maximum atomic E-state index is 14.0. The van der Waals surface area contributed by atoms with Gasteiger partial charge in [-0.05, 0) is 13.3 Å². The first-order chi connectivity index (χ1) is 16.4. The molecule has 0 spiro atoms. The normalized spacial score (nSPS) is 15.9. The van der Waals surface area contributed by atoms with Crippen molar-refractivity contribution in [1.82, 2.24) is 4.72 Å². The molecule has 38 heavy (non-hydrogen) atoms. The summed E-state index contributed by atoms with van der Waals surface area (Å²) >= 11 is 0. The fraction of sp³-hybridized carbons (Fsp3) is 0.800. The number of nitrogens with one attached hydrogen (secondary N) is 1. The third-order valence-corrected chi connectivity index (χ3v) is 5.60. The van der Waals surface area contributed by atoms with E-state index in [9.17, 15) is 87.8 Å². The minimum Gasteiger partial charge on any atom is -0.461 e. The predicted molar refractivity (Wildman–Crippen MR) is 87.7 cm³/mol. The number of hydrogen-bond acceptors (Lipinski definition) is 4. The largest absolute Gasteiger partial charge is 0.461 e. The Labute approximate surface area is 200 Å². The molecule has 0 aromatic rings. The minimum atomic E-state index is -8.94. The lowest BCUT2D eigenvalue weighted by molar-refractivity contribution is -0.458. The van der Waals surface area contributed by atoms with E-state index < -0.39 is 81.7 Å². The molecule has 0 rings (SSSR count). The van der Waals surface area contributed by atoms with E-state index in [0.717, 1.165) is 13.8 Å². The highest BCUT2D eigenvalue weighted by atomic mass is 32.2. The summed E-state index contributed by atoms with van der Waals surface area (Å²) < 4.78 is 253. The molecule has 0 amide bonds. The lowest BCUT2D eigenvalue weighted by atomic mass is 9.91. The first-order valence-corrected chi connectivity index (χ1v) is 10.5. The lowest BCUT2D eigenvalue weighted by Crippen LogP contribution is -2.75. The van der Waals surface area contributed by atoms with Gasteiger partial charge in [-0.25, -0.2) is 4.79 Å². The molecule has 0 aromatic heterocycles. The van der Waals surface area contributed by atoms with Crippen molar-refractivity contribution < 1.29 is 92.6 Å². The molecule has 0 fully saturated rings. The zero-order chi connectivity index (χ0) is 31.2. The summed E-state index contributed by atoms with van der Waals surface area (Å²) in [5, 5.41) is -7.79. The second-order valence-corrected chi connectivity index (χ2v) is 8.54. The third kappa shape index (κ3) is 5.05. The monoisotopic (exact) mass is 625 g/mol. The van der Waals surface area contributed by atoms with Crippen molar-refractivity contribution in [2.75, 3.05) is 6.61 Å². The smallest absolute Gasteiger partial charge is 0.460 e. The van der Waals surface area contributed by atoms with Gasteiger partial charge >= 0.3 is 63.0 Å². The van der Waals surface area contributed by atoms with Crippen LogP contribution in [0, 0.1) is 0 Å². The first kappa shape index (κ1) is 35.8. The first-order valence-electron chi connectivity index (χ1n) is 9.01. The minimum absolute atomic E-state index is 0.208. The van der Waals surface area contributed by atoms with E-state index in [4.69, 9.17) is 0 Å². The van der Waals surface area contributed by atoms with Crippen molar-refractivity contribution in [3.63, 3.8) is 0 Å². The van der Waals surface area contributed by atoms with Crippen LogP contribution in [0.2, 0.25) is 0 Å².